The van der Waals surface area contributed by atoms with Crippen LogP contribution in [0.5, 0.6) is 5.88 Å². The van der Waals surface area contributed by atoms with Gasteiger partial charge in [0, 0.05) is 18.8 Å². The number of ether oxygens (including phenoxy) is 1. The molecule has 0 saturated carbocycles. The number of hydrogen-bond donors (Lipinski definition) is 1. The highest BCUT2D eigenvalue weighted by Crippen LogP contribution is 2.33. The van der Waals surface area contributed by atoms with Gasteiger partial charge in [0.25, 0.3) is 5.91 Å². The number of nitrogens with one attached hydrogen (secondary N) is 1. The number of pyridine rings is 1. The second kappa shape index (κ2) is 8.22. The molecule has 6 nitrogen and oxygen atoms in total. The van der Waals surface area contributed by atoms with Crippen LogP contribution in [0, 0.1) is 20.8 Å². The third-order valence-electron chi connectivity index (χ3n) is 5.35. The monoisotopic (exact) mass is 414 g/mol. The van der Waals surface area contributed by atoms with Crippen molar-refractivity contribution in [2.75, 3.05) is 5.32 Å². The number of aryl methyl sites for hydroxylation is 4. The van der Waals surface area contributed by atoms with Gasteiger partial charge in [-0.3, -0.25) is 9.48 Å². The number of carbonyl (C=O) groups is 1. The molecule has 2 aromatic heterocycles. The maximum Gasteiger partial charge on any atom is 0.265 e. The Morgan fingerprint density at radius 1 is 1.06 bits per heavy atom. The van der Waals surface area contributed by atoms with E-state index in [-0.39, 0.29) is 5.91 Å². The van der Waals surface area contributed by atoms with E-state index in [9.17, 15) is 4.79 Å². The van der Waals surface area contributed by atoms with Crippen LogP contribution in [0.25, 0.3) is 22.2 Å². The van der Waals surface area contributed by atoms with Crippen LogP contribution in [0.3, 0.4) is 0 Å². The number of amides is 1. The van der Waals surface area contributed by atoms with Crippen LogP contribution >= 0.6 is 0 Å². The smallest absolute Gasteiger partial charge is 0.265 e. The highest BCUT2D eigenvalue weighted by molar-refractivity contribution is 5.96. The van der Waals surface area contributed by atoms with E-state index in [1.54, 1.807) is 11.6 Å². The Morgan fingerprint density at radius 2 is 1.81 bits per heavy atom. The largest absolute Gasteiger partial charge is 0.464 e. The quantitative estimate of drug-likeness (QED) is 0.501. The zero-order chi connectivity index (χ0) is 22.1. The maximum absolute atomic E-state index is 12.8. The Morgan fingerprint density at radius 3 is 2.55 bits per heavy atom. The second-order valence-corrected chi connectivity index (χ2v) is 7.85. The predicted molar refractivity (Wildman–Crippen MR) is 123 cm³/mol. The van der Waals surface area contributed by atoms with Crippen molar-refractivity contribution in [2.24, 2.45) is 7.05 Å². The number of anilines is 1. The summed E-state index contributed by atoms with van der Waals surface area (Å²) in [5.41, 5.74) is 6.52. The van der Waals surface area contributed by atoms with Gasteiger partial charge in [-0.25, -0.2) is 0 Å². The molecule has 31 heavy (non-hydrogen) atoms. The average Bonchev–Trinajstić information content (AvgIpc) is 3.04. The molecule has 4 rings (SSSR count). The molecule has 0 bridgehead atoms. The molecule has 2 aromatic carbocycles. The molecule has 0 aliphatic carbocycles. The van der Waals surface area contributed by atoms with Crippen molar-refractivity contribution in [1.29, 1.82) is 0 Å². The van der Waals surface area contributed by atoms with Gasteiger partial charge in [-0.2, -0.15) is 10.1 Å². The average molecular weight is 415 g/mol. The molecule has 158 valence electrons. The summed E-state index contributed by atoms with van der Waals surface area (Å²) in [5, 5.41) is 8.47. The summed E-state index contributed by atoms with van der Waals surface area (Å²) in [6.45, 7) is 7.66. The molecule has 0 aliphatic heterocycles. The number of hydrogen-bond acceptors (Lipinski definition) is 4. The fourth-order valence-corrected chi connectivity index (χ4v) is 3.67. The molecule has 1 N–H and O–H groups in total. The molecule has 2 heterocycles. The number of nitrogens with zero attached hydrogens (tertiary/aromatic N) is 3. The van der Waals surface area contributed by atoms with Crippen LogP contribution in [-0.4, -0.2) is 26.8 Å². The summed E-state index contributed by atoms with van der Waals surface area (Å²) < 4.78 is 7.73. The number of aromatic nitrogens is 3. The molecule has 0 spiro atoms. The van der Waals surface area contributed by atoms with E-state index in [4.69, 9.17) is 4.74 Å². The fourth-order valence-electron chi connectivity index (χ4n) is 3.67. The lowest BCUT2D eigenvalue weighted by Crippen LogP contribution is -2.30. The number of fused-ring (bicyclic) bond motifs is 1. The first kappa shape index (κ1) is 20.6. The molecule has 4 aromatic rings. The van der Waals surface area contributed by atoms with Crippen molar-refractivity contribution in [3.63, 3.8) is 0 Å². The summed E-state index contributed by atoms with van der Waals surface area (Å²) in [6.07, 6.45) is -0.720. The molecule has 1 atom stereocenters. The van der Waals surface area contributed by atoms with Crippen molar-refractivity contribution in [3.8, 4) is 17.0 Å². The lowest BCUT2D eigenvalue weighted by Gasteiger charge is -2.16. The van der Waals surface area contributed by atoms with Gasteiger partial charge in [0.2, 0.25) is 5.88 Å². The Labute approximate surface area is 181 Å². The first-order valence-corrected chi connectivity index (χ1v) is 10.3. The minimum Gasteiger partial charge on any atom is -0.464 e. The Kier molecular flexibility index (Phi) is 5.46. The minimum atomic E-state index is -0.720. The Bertz CT molecular complexity index is 1260. The molecule has 0 fully saturated rings. The van der Waals surface area contributed by atoms with Gasteiger partial charge in [0.05, 0.1) is 11.1 Å². The maximum atomic E-state index is 12.8. The van der Waals surface area contributed by atoms with E-state index in [0.717, 1.165) is 44.7 Å². The van der Waals surface area contributed by atoms with Crippen LogP contribution in [0.1, 0.15) is 23.7 Å². The lowest BCUT2D eigenvalue weighted by atomic mass is 10.0. The van der Waals surface area contributed by atoms with Crippen LogP contribution in [-0.2, 0) is 11.8 Å². The molecule has 0 radical (unpaired) electrons. The SMILES string of the molecule is Cc1ccc(C)c(NC(=O)[C@H](C)Oc2cc(-c3ccccc3)c3c(C)nn(C)c3n2)c1. The van der Waals surface area contributed by atoms with Crippen molar-refractivity contribution in [1.82, 2.24) is 14.8 Å². The third kappa shape index (κ3) is 4.14. The zero-order valence-corrected chi connectivity index (χ0v) is 18.4. The van der Waals surface area contributed by atoms with Crippen molar-refractivity contribution < 1.29 is 9.53 Å². The van der Waals surface area contributed by atoms with Gasteiger partial charge in [-0.15, -0.1) is 0 Å². The van der Waals surface area contributed by atoms with E-state index >= 15 is 0 Å². The highest BCUT2D eigenvalue weighted by atomic mass is 16.5. The van der Waals surface area contributed by atoms with Gasteiger partial charge >= 0.3 is 0 Å². The highest BCUT2D eigenvalue weighted by Gasteiger charge is 2.20. The van der Waals surface area contributed by atoms with Crippen LogP contribution in [0.2, 0.25) is 0 Å². The Hall–Kier alpha value is -3.67. The molecule has 1 amide bonds. The third-order valence-corrected chi connectivity index (χ3v) is 5.35. The van der Waals surface area contributed by atoms with Gasteiger partial charge in [-0.1, -0.05) is 42.5 Å². The van der Waals surface area contributed by atoms with Crippen LogP contribution in [0.4, 0.5) is 5.69 Å². The first-order chi connectivity index (χ1) is 14.8. The topological polar surface area (TPSA) is 69.0 Å². The van der Waals surface area contributed by atoms with E-state index in [2.05, 4.69) is 15.4 Å². The van der Waals surface area contributed by atoms with Crippen molar-refractivity contribution in [3.05, 3.63) is 71.4 Å². The predicted octanol–water partition coefficient (Wildman–Crippen LogP) is 4.97. The lowest BCUT2D eigenvalue weighted by molar-refractivity contribution is -0.122. The number of benzene rings is 2. The molecule has 0 unspecified atom stereocenters. The van der Waals surface area contributed by atoms with E-state index in [0.29, 0.717) is 5.88 Å². The fraction of sp³-hybridized carbons (Fsp3) is 0.240. The standard InChI is InChI=1S/C25H26N4O2/c1-15-11-12-16(2)21(13-15)26-25(30)18(4)31-22-14-20(19-9-7-6-8-10-19)23-17(3)28-29(5)24(23)27-22/h6-14,18H,1-5H3,(H,26,30)/t18-/m0/s1. The molecule has 0 saturated heterocycles. The summed E-state index contributed by atoms with van der Waals surface area (Å²) >= 11 is 0. The Balaban J connectivity index is 1.66. The normalized spacial score (nSPS) is 12.0. The van der Waals surface area contributed by atoms with Gasteiger partial charge < -0.3 is 10.1 Å². The first-order valence-electron chi connectivity index (χ1n) is 10.3. The number of rotatable bonds is 5. The summed E-state index contributed by atoms with van der Waals surface area (Å²) in [4.78, 5) is 17.4. The van der Waals surface area contributed by atoms with Gasteiger partial charge in [-0.05, 0) is 56.0 Å². The molecule has 6 heteroatoms. The molecule has 0 aliphatic rings. The van der Waals surface area contributed by atoms with Crippen LogP contribution < -0.4 is 10.1 Å². The van der Waals surface area contributed by atoms with E-state index in [1.807, 2.05) is 82.4 Å². The second-order valence-electron chi connectivity index (χ2n) is 7.85. The van der Waals surface area contributed by atoms with Crippen LogP contribution in [0.15, 0.2) is 54.6 Å². The summed E-state index contributed by atoms with van der Waals surface area (Å²) in [7, 11) is 1.86. The van der Waals surface area contributed by atoms with Gasteiger partial charge in [0.15, 0.2) is 11.8 Å². The van der Waals surface area contributed by atoms with Crippen molar-refractivity contribution in [2.45, 2.75) is 33.8 Å². The van der Waals surface area contributed by atoms with E-state index < -0.39 is 6.10 Å². The summed E-state index contributed by atoms with van der Waals surface area (Å²) in [5.74, 6) is 0.163. The van der Waals surface area contributed by atoms with Crippen molar-refractivity contribution >= 4 is 22.6 Å². The minimum absolute atomic E-state index is 0.224. The zero-order valence-electron chi connectivity index (χ0n) is 18.4. The van der Waals surface area contributed by atoms with E-state index in [1.165, 1.54) is 0 Å². The number of carbonyl (C=O) groups excluding carboxylic acids is 1. The molecular formula is C25H26N4O2. The van der Waals surface area contributed by atoms with Gasteiger partial charge in [0.1, 0.15) is 0 Å². The summed E-state index contributed by atoms with van der Waals surface area (Å²) in [6, 6.07) is 17.9. The molecular weight excluding hydrogens is 388 g/mol.